The summed E-state index contributed by atoms with van der Waals surface area (Å²) < 4.78 is 23.0. The third-order valence-electron chi connectivity index (χ3n) is 12.2. The molecular weight excluding hydrogens is 725 g/mol. The van der Waals surface area contributed by atoms with Crippen LogP contribution >= 0.6 is 0 Å². The Morgan fingerprint density at radius 1 is 0.458 bits per heavy atom. The van der Waals surface area contributed by atoms with E-state index in [4.69, 9.17) is 13.3 Å². The Bertz CT molecular complexity index is 3640. The van der Waals surface area contributed by atoms with E-state index < -0.39 is 0 Å². The van der Waals surface area contributed by atoms with E-state index in [0.717, 1.165) is 124 Å². The number of hydrogen-bond donors (Lipinski definition) is 0. The molecule has 1 aliphatic rings. The number of fused-ring (bicyclic) bond motifs is 12. The number of allylic oxidation sites excluding steroid dienone is 1. The SMILES string of the molecule is C1=Cc2c(oc3cc4c(oc5cc(N(c6cccc(-c7ccccc7)c6)c6cccc7c6oc6ccccc67)ccc54)c(-n4c5ccccc5c5ccccc54)c23)CC1. The van der Waals surface area contributed by atoms with Gasteiger partial charge in [-0.1, -0.05) is 121 Å². The lowest BCUT2D eigenvalue weighted by atomic mass is 9.99. The van der Waals surface area contributed by atoms with Gasteiger partial charge in [0.2, 0.25) is 0 Å². The largest absolute Gasteiger partial charge is 0.460 e. The van der Waals surface area contributed by atoms with E-state index in [9.17, 15) is 0 Å². The quantitative estimate of drug-likeness (QED) is 0.175. The average Bonchev–Trinajstić information content (AvgIpc) is 4.05. The number of para-hydroxylation sites is 4. The van der Waals surface area contributed by atoms with Gasteiger partial charge in [0, 0.05) is 56.1 Å². The molecule has 5 nitrogen and oxygen atoms in total. The monoisotopic (exact) mass is 758 g/mol. The van der Waals surface area contributed by atoms with Crippen molar-refractivity contribution in [3.63, 3.8) is 0 Å². The molecule has 5 heteroatoms. The van der Waals surface area contributed by atoms with Crippen LogP contribution in [0.3, 0.4) is 0 Å². The molecule has 4 heterocycles. The van der Waals surface area contributed by atoms with Crippen LogP contribution in [-0.2, 0) is 6.42 Å². The molecule has 0 radical (unpaired) electrons. The summed E-state index contributed by atoms with van der Waals surface area (Å²) in [6, 6.07) is 60.0. The molecule has 12 aromatic rings. The molecule has 0 amide bonds. The van der Waals surface area contributed by atoms with Crippen molar-refractivity contribution in [3.8, 4) is 16.8 Å². The van der Waals surface area contributed by atoms with E-state index in [2.05, 4.69) is 179 Å². The second-order valence-electron chi connectivity index (χ2n) is 15.5. The molecule has 0 atom stereocenters. The minimum absolute atomic E-state index is 0.789. The van der Waals surface area contributed by atoms with Crippen molar-refractivity contribution in [2.75, 3.05) is 4.90 Å². The van der Waals surface area contributed by atoms with Gasteiger partial charge in [-0.05, 0) is 72.1 Å². The number of furan rings is 3. The normalized spacial score (nSPS) is 12.9. The molecular formula is C54H34N2O3. The van der Waals surface area contributed by atoms with E-state index in [1.54, 1.807) is 0 Å². The van der Waals surface area contributed by atoms with Crippen LogP contribution in [-0.4, -0.2) is 4.57 Å². The van der Waals surface area contributed by atoms with Crippen molar-refractivity contribution in [1.29, 1.82) is 0 Å². The maximum atomic E-state index is 7.23. The number of rotatable bonds is 5. The van der Waals surface area contributed by atoms with E-state index in [1.807, 2.05) is 12.1 Å². The molecule has 13 rings (SSSR count). The van der Waals surface area contributed by atoms with E-state index in [0.29, 0.717) is 0 Å². The minimum Gasteiger partial charge on any atom is -0.460 e. The topological polar surface area (TPSA) is 47.6 Å². The minimum atomic E-state index is 0.789. The summed E-state index contributed by atoms with van der Waals surface area (Å²) in [5.41, 5.74) is 13.8. The lowest BCUT2D eigenvalue weighted by Crippen LogP contribution is -2.10. The second kappa shape index (κ2) is 12.4. The molecule has 0 unspecified atom stereocenters. The third kappa shape index (κ3) is 4.73. The summed E-state index contributed by atoms with van der Waals surface area (Å²) in [6.07, 6.45) is 6.32. The Hall–Kier alpha value is -7.76. The Morgan fingerprint density at radius 3 is 1.98 bits per heavy atom. The standard InChI is InChI=1S/C54H34N2O3/c1-2-14-33(15-3-1)34-16-12-17-35(30-34)55(46-25-13-22-41-39-20-6-10-26-47(39)58-53(41)46)36-28-29-40-43-32-50-51(42-21-7-11-27-48(42)57-50)52(54(43)59-49(40)31-36)56-44-23-8-4-18-37(44)38-19-5-9-24-45(38)56/h1-10,12-26,28-32H,11,27H2. The molecule has 0 bridgehead atoms. The highest BCUT2D eigenvalue weighted by Crippen LogP contribution is 2.48. The highest BCUT2D eigenvalue weighted by Gasteiger charge is 2.27. The van der Waals surface area contributed by atoms with Crippen LogP contribution in [0.25, 0.3) is 99.5 Å². The Kier molecular flexibility index (Phi) is 6.78. The molecule has 0 N–H and O–H groups in total. The summed E-state index contributed by atoms with van der Waals surface area (Å²) >= 11 is 0. The van der Waals surface area contributed by atoms with Gasteiger partial charge in [0.1, 0.15) is 28.2 Å². The molecule has 1 aliphatic carbocycles. The van der Waals surface area contributed by atoms with Crippen LogP contribution in [0.5, 0.6) is 0 Å². The predicted molar refractivity (Wildman–Crippen MR) is 243 cm³/mol. The van der Waals surface area contributed by atoms with Gasteiger partial charge in [0.25, 0.3) is 0 Å². The lowest BCUT2D eigenvalue weighted by molar-refractivity contribution is 0.546. The first kappa shape index (κ1) is 32.3. The maximum Gasteiger partial charge on any atom is 0.160 e. The van der Waals surface area contributed by atoms with Crippen molar-refractivity contribution in [2.24, 2.45) is 0 Å². The smallest absolute Gasteiger partial charge is 0.160 e. The molecule has 0 saturated heterocycles. The molecule has 59 heavy (non-hydrogen) atoms. The average molecular weight is 759 g/mol. The van der Waals surface area contributed by atoms with Crippen molar-refractivity contribution in [3.05, 3.63) is 187 Å². The van der Waals surface area contributed by atoms with Gasteiger partial charge in [0.15, 0.2) is 11.2 Å². The highest BCUT2D eigenvalue weighted by molar-refractivity contribution is 6.19. The fraction of sp³-hybridized carbons (Fsp3) is 0.0370. The van der Waals surface area contributed by atoms with Crippen LogP contribution in [0.2, 0.25) is 0 Å². The Morgan fingerprint density at radius 2 is 1.14 bits per heavy atom. The van der Waals surface area contributed by atoms with Crippen LogP contribution in [0.4, 0.5) is 17.1 Å². The van der Waals surface area contributed by atoms with Crippen molar-refractivity contribution in [2.45, 2.75) is 12.8 Å². The predicted octanol–water partition coefficient (Wildman–Crippen LogP) is 15.4. The van der Waals surface area contributed by atoms with Crippen molar-refractivity contribution in [1.82, 2.24) is 4.57 Å². The summed E-state index contributed by atoms with van der Waals surface area (Å²) in [6.45, 7) is 0. The zero-order chi connectivity index (χ0) is 38.6. The van der Waals surface area contributed by atoms with Crippen LogP contribution < -0.4 is 4.90 Å². The summed E-state index contributed by atoms with van der Waals surface area (Å²) in [7, 11) is 0. The fourth-order valence-corrected chi connectivity index (χ4v) is 9.61. The van der Waals surface area contributed by atoms with Crippen LogP contribution in [0.1, 0.15) is 17.7 Å². The number of anilines is 3. The van der Waals surface area contributed by atoms with Crippen LogP contribution in [0.15, 0.2) is 189 Å². The summed E-state index contributed by atoms with van der Waals surface area (Å²) in [5.74, 6) is 1.02. The van der Waals surface area contributed by atoms with Gasteiger partial charge in [0.05, 0.1) is 27.8 Å². The maximum absolute atomic E-state index is 7.23. The number of aromatic nitrogens is 1. The van der Waals surface area contributed by atoms with Gasteiger partial charge >= 0.3 is 0 Å². The fourth-order valence-electron chi connectivity index (χ4n) is 9.61. The van der Waals surface area contributed by atoms with E-state index >= 15 is 0 Å². The van der Waals surface area contributed by atoms with Gasteiger partial charge < -0.3 is 22.7 Å². The molecule has 0 spiro atoms. The van der Waals surface area contributed by atoms with Gasteiger partial charge in [-0.25, -0.2) is 0 Å². The molecule has 0 saturated carbocycles. The highest BCUT2D eigenvalue weighted by atomic mass is 16.3. The first-order valence-electron chi connectivity index (χ1n) is 20.2. The molecule has 8 aromatic carbocycles. The molecule has 0 fully saturated rings. The molecule has 278 valence electrons. The van der Waals surface area contributed by atoms with E-state index in [1.165, 1.54) is 10.8 Å². The number of hydrogen-bond acceptors (Lipinski definition) is 4. The second-order valence-corrected chi connectivity index (χ2v) is 15.5. The summed E-state index contributed by atoms with van der Waals surface area (Å²) in [4.78, 5) is 2.30. The Labute approximate surface area is 338 Å². The molecule has 0 aliphatic heterocycles. The lowest BCUT2D eigenvalue weighted by Gasteiger charge is -2.26. The van der Waals surface area contributed by atoms with Gasteiger partial charge in [-0.15, -0.1) is 0 Å². The van der Waals surface area contributed by atoms with Gasteiger partial charge in [-0.2, -0.15) is 0 Å². The van der Waals surface area contributed by atoms with Gasteiger partial charge in [-0.3, -0.25) is 0 Å². The molecule has 4 aromatic heterocycles. The van der Waals surface area contributed by atoms with E-state index in [-0.39, 0.29) is 0 Å². The van der Waals surface area contributed by atoms with Crippen LogP contribution in [0, 0.1) is 0 Å². The Balaban J connectivity index is 1.10. The first-order chi connectivity index (χ1) is 29.3. The zero-order valence-electron chi connectivity index (χ0n) is 31.9. The number of nitrogens with zero attached hydrogens (tertiary/aromatic N) is 2. The summed E-state index contributed by atoms with van der Waals surface area (Å²) in [5, 5.41) is 7.68. The van der Waals surface area contributed by atoms with Crippen molar-refractivity contribution < 1.29 is 13.3 Å². The van der Waals surface area contributed by atoms with Crippen molar-refractivity contribution >= 4 is 99.8 Å². The number of aryl methyl sites for hydroxylation is 1. The zero-order valence-corrected chi connectivity index (χ0v) is 31.9. The third-order valence-corrected chi connectivity index (χ3v) is 12.2. The number of benzene rings is 8. The first-order valence-corrected chi connectivity index (χ1v) is 20.2.